The summed E-state index contributed by atoms with van der Waals surface area (Å²) in [5.74, 6) is -2.53. The lowest BCUT2D eigenvalue weighted by molar-refractivity contribution is -0.142. The molecule has 0 radical (unpaired) electrons. The molecule has 1 atom stereocenters. The van der Waals surface area contributed by atoms with Gasteiger partial charge in [0.05, 0.1) is 5.69 Å². The zero-order valence-corrected chi connectivity index (χ0v) is 19.5. The van der Waals surface area contributed by atoms with Crippen LogP contribution in [0.4, 0.5) is 24.4 Å². The first kappa shape index (κ1) is 24.1. The SMILES string of the molecule is O=C(Nc1nccs1)[C@H](CC1CCCCC1)N1CCN(C(=O)Nc2cccc(F)c2F)CC1=O. The summed E-state index contributed by atoms with van der Waals surface area (Å²) < 4.78 is 27.3. The zero-order chi connectivity index (χ0) is 24.1. The van der Waals surface area contributed by atoms with Crippen molar-refractivity contribution in [1.82, 2.24) is 14.8 Å². The molecule has 2 aromatic rings. The summed E-state index contributed by atoms with van der Waals surface area (Å²) >= 11 is 1.30. The van der Waals surface area contributed by atoms with Crippen LogP contribution in [0, 0.1) is 17.6 Å². The predicted octanol–water partition coefficient (Wildman–Crippen LogP) is 4.08. The van der Waals surface area contributed by atoms with Crippen LogP contribution in [0.15, 0.2) is 29.8 Å². The van der Waals surface area contributed by atoms with Crippen molar-refractivity contribution < 1.29 is 23.2 Å². The summed E-state index contributed by atoms with van der Waals surface area (Å²) in [6.45, 7) is 0.0786. The number of amides is 4. The van der Waals surface area contributed by atoms with E-state index in [-0.39, 0.29) is 37.1 Å². The molecule has 2 N–H and O–H groups in total. The summed E-state index contributed by atoms with van der Waals surface area (Å²) in [6, 6.07) is 2.13. The predicted molar refractivity (Wildman–Crippen MR) is 124 cm³/mol. The third-order valence-corrected chi connectivity index (χ3v) is 7.05. The van der Waals surface area contributed by atoms with E-state index in [1.807, 2.05) is 0 Å². The number of nitrogens with zero attached hydrogens (tertiary/aromatic N) is 3. The van der Waals surface area contributed by atoms with Gasteiger partial charge in [0, 0.05) is 24.7 Å². The molecule has 1 aromatic heterocycles. The van der Waals surface area contributed by atoms with Crippen LogP contribution in [0.3, 0.4) is 0 Å². The number of urea groups is 1. The second-order valence-corrected chi connectivity index (χ2v) is 9.52. The fourth-order valence-corrected chi connectivity index (χ4v) is 5.10. The van der Waals surface area contributed by atoms with Crippen LogP contribution in [-0.2, 0) is 9.59 Å². The Bertz CT molecular complexity index is 1030. The van der Waals surface area contributed by atoms with Crippen LogP contribution in [0.1, 0.15) is 38.5 Å². The van der Waals surface area contributed by atoms with Gasteiger partial charge in [0.15, 0.2) is 16.8 Å². The average Bonchev–Trinajstić information content (AvgIpc) is 3.34. The van der Waals surface area contributed by atoms with Gasteiger partial charge in [-0.15, -0.1) is 11.3 Å². The minimum Gasteiger partial charge on any atom is -0.327 e. The summed E-state index contributed by atoms with van der Waals surface area (Å²) in [4.78, 5) is 45.7. The number of thiazole rings is 1. The Morgan fingerprint density at radius 3 is 2.65 bits per heavy atom. The van der Waals surface area contributed by atoms with Gasteiger partial charge in [0.2, 0.25) is 11.8 Å². The van der Waals surface area contributed by atoms with E-state index in [0.717, 1.165) is 31.7 Å². The third-order valence-electron chi connectivity index (χ3n) is 6.36. The molecule has 4 amide bonds. The lowest BCUT2D eigenvalue weighted by Gasteiger charge is -2.39. The molecule has 2 aliphatic rings. The first-order valence-electron chi connectivity index (χ1n) is 11.4. The quantitative estimate of drug-likeness (QED) is 0.637. The molecule has 0 unspecified atom stereocenters. The fourth-order valence-electron chi connectivity index (χ4n) is 4.57. The van der Waals surface area contributed by atoms with E-state index in [0.29, 0.717) is 17.5 Å². The molecular weight excluding hydrogens is 464 g/mol. The fraction of sp³-hybridized carbons (Fsp3) is 0.478. The van der Waals surface area contributed by atoms with Gasteiger partial charge in [-0.25, -0.2) is 18.6 Å². The van der Waals surface area contributed by atoms with Crippen LogP contribution in [0.25, 0.3) is 0 Å². The highest BCUT2D eigenvalue weighted by atomic mass is 32.1. The molecule has 2 heterocycles. The van der Waals surface area contributed by atoms with E-state index < -0.39 is 23.7 Å². The Kier molecular flexibility index (Phi) is 7.71. The van der Waals surface area contributed by atoms with Crippen molar-refractivity contribution in [3.63, 3.8) is 0 Å². The molecule has 1 saturated carbocycles. The highest BCUT2D eigenvalue weighted by Gasteiger charge is 2.37. The minimum absolute atomic E-state index is 0.167. The first-order chi connectivity index (χ1) is 16.4. The zero-order valence-electron chi connectivity index (χ0n) is 18.6. The Morgan fingerprint density at radius 1 is 1.15 bits per heavy atom. The lowest BCUT2D eigenvalue weighted by atomic mass is 9.84. The van der Waals surface area contributed by atoms with Gasteiger partial charge in [-0.1, -0.05) is 38.2 Å². The molecule has 1 aliphatic carbocycles. The molecular formula is C23H27F2N5O3S. The van der Waals surface area contributed by atoms with E-state index in [9.17, 15) is 23.2 Å². The van der Waals surface area contributed by atoms with Crippen molar-refractivity contribution in [1.29, 1.82) is 0 Å². The first-order valence-corrected chi connectivity index (χ1v) is 12.3. The Morgan fingerprint density at radius 2 is 1.94 bits per heavy atom. The summed E-state index contributed by atoms with van der Waals surface area (Å²) in [7, 11) is 0. The van der Waals surface area contributed by atoms with Gasteiger partial charge in [-0.3, -0.25) is 9.59 Å². The maximum atomic E-state index is 13.9. The van der Waals surface area contributed by atoms with E-state index in [1.165, 1.54) is 39.7 Å². The number of piperazine rings is 1. The molecule has 4 rings (SSSR count). The lowest BCUT2D eigenvalue weighted by Crippen LogP contribution is -2.59. The standard InChI is InChI=1S/C23H27F2N5O3S/c24-16-7-4-8-17(20(16)25)27-23(33)29-10-11-30(19(31)14-29)18(13-15-5-2-1-3-6-15)21(32)28-22-26-9-12-34-22/h4,7-9,12,15,18H,1-3,5-6,10-11,13-14H2,(H,27,33)(H,26,28,32)/t18-/m0/s1. The highest BCUT2D eigenvalue weighted by molar-refractivity contribution is 7.13. The van der Waals surface area contributed by atoms with Crippen LogP contribution < -0.4 is 10.6 Å². The summed E-state index contributed by atoms with van der Waals surface area (Å²) in [5, 5.41) is 7.36. The van der Waals surface area contributed by atoms with Gasteiger partial charge in [0.25, 0.3) is 0 Å². The average molecular weight is 492 g/mol. The minimum atomic E-state index is -1.16. The molecule has 1 aromatic carbocycles. The number of halogens is 2. The number of nitrogens with one attached hydrogen (secondary N) is 2. The number of carbonyl (C=O) groups is 3. The second kappa shape index (κ2) is 10.9. The Labute approximate surface area is 200 Å². The van der Waals surface area contributed by atoms with Gasteiger partial charge in [0.1, 0.15) is 12.6 Å². The van der Waals surface area contributed by atoms with Crippen LogP contribution >= 0.6 is 11.3 Å². The van der Waals surface area contributed by atoms with E-state index in [2.05, 4.69) is 15.6 Å². The van der Waals surface area contributed by atoms with Gasteiger partial charge >= 0.3 is 6.03 Å². The normalized spacial score (nSPS) is 18.0. The second-order valence-electron chi connectivity index (χ2n) is 8.62. The molecule has 2 fully saturated rings. The number of hydrogen-bond donors (Lipinski definition) is 2. The molecule has 8 nitrogen and oxygen atoms in total. The molecule has 0 bridgehead atoms. The monoisotopic (exact) mass is 491 g/mol. The van der Waals surface area contributed by atoms with Crippen LogP contribution in [-0.4, -0.2) is 58.3 Å². The maximum Gasteiger partial charge on any atom is 0.322 e. The van der Waals surface area contributed by atoms with Gasteiger partial charge in [-0.05, 0) is 24.5 Å². The van der Waals surface area contributed by atoms with Crippen molar-refractivity contribution in [2.75, 3.05) is 30.3 Å². The third kappa shape index (κ3) is 5.69. The van der Waals surface area contributed by atoms with Gasteiger partial charge < -0.3 is 20.4 Å². The number of rotatable bonds is 6. The summed E-state index contributed by atoms with van der Waals surface area (Å²) in [5.41, 5.74) is -0.294. The smallest absolute Gasteiger partial charge is 0.322 e. The number of benzene rings is 1. The number of anilines is 2. The van der Waals surface area contributed by atoms with Crippen LogP contribution in [0.2, 0.25) is 0 Å². The Hall–Kier alpha value is -3.08. The number of carbonyl (C=O) groups excluding carboxylic acids is 3. The molecule has 182 valence electrons. The topological polar surface area (TPSA) is 94.6 Å². The molecule has 1 aliphatic heterocycles. The maximum absolute atomic E-state index is 13.9. The van der Waals surface area contributed by atoms with Crippen molar-refractivity contribution in [3.8, 4) is 0 Å². The largest absolute Gasteiger partial charge is 0.327 e. The number of aromatic nitrogens is 1. The molecule has 11 heteroatoms. The summed E-state index contributed by atoms with van der Waals surface area (Å²) in [6.07, 6.45) is 7.62. The van der Waals surface area contributed by atoms with Crippen molar-refractivity contribution in [2.45, 2.75) is 44.6 Å². The van der Waals surface area contributed by atoms with Crippen LogP contribution in [0.5, 0.6) is 0 Å². The van der Waals surface area contributed by atoms with Crippen molar-refractivity contribution in [2.24, 2.45) is 5.92 Å². The van der Waals surface area contributed by atoms with E-state index >= 15 is 0 Å². The van der Waals surface area contributed by atoms with Crippen molar-refractivity contribution >= 4 is 40.0 Å². The van der Waals surface area contributed by atoms with E-state index in [1.54, 1.807) is 11.6 Å². The molecule has 0 spiro atoms. The van der Waals surface area contributed by atoms with Crippen molar-refractivity contribution in [3.05, 3.63) is 41.4 Å². The molecule has 34 heavy (non-hydrogen) atoms. The van der Waals surface area contributed by atoms with Gasteiger partial charge in [-0.2, -0.15) is 0 Å². The number of hydrogen-bond acceptors (Lipinski definition) is 5. The molecule has 1 saturated heterocycles. The van der Waals surface area contributed by atoms with E-state index in [4.69, 9.17) is 0 Å². The highest BCUT2D eigenvalue weighted by Crippen LogP contribution is 2.30. The Balaban J connectivity index is 1.43.